The average molecular weight is 387 g/mol. The van der Waals surface area contributed by atoms with E-state index in [1.165, 1.54) is 24.1 Å². The van der Waals surface area contributed by atoms with Gasteiger partial charge in [0.15, 0.2) is 0 Å². The molecule has 0 spiro atoms. The van der Waals surface area contributed by atoms with Crippen molar-refractivity contribution >= 4 is 23.2 Å². The summed E-state index contributed by atoms with van der Waals surface area (Å²) in [5, 5.41) is 2.06. The van der Waals surface area contributed by atoms with Gasteiger partial charge in [0, 0.05) is 37.5 Å². The van der Waals surface area contributed by atoms with E-state index < -0.39 is 0 Å². The quantitative estimate of drug-likeness (QED) is 0.794. The lowest BCUT2D eigenvalue weighted by Gasteiger charge is -2.57. The maximum absolute atomic E-state index is 13.4. The van der Waals surface area contributed by atoms with Crippen LogP contribution in [-0.4, -0.2) is 47.8 Å². The van der Waals surface area contributed by atoms with Gasteiger partial charge in [0.1, 0.15) is 0 Å². The number of aryl methyl sites for hydroxylation is 1. The Balaban J connectivity index is 1.16. The van der Waals surface area contributed by atoms with Crippen molar-refractivity contribution in [2.45, 2.75) is 51.4 Å². The molecule has 0 atom stereocenters. The molecule has 1 aromatic heterocycles. The Kier molecular flexibility index (Phi) is 4.53. The molecule has 0 radical (unpaired) electrons. The van der Waals surface area contributed by atoms with Crippen molar-refractivity contribution in [1.29, 1.82) is 0 Å². The fraction of sp³-hybridized carbons (Fsp3) is 0.727. The molecule has 146 valence electrons. The third kappa shape index (κ3) is 3.32. The highest BCUT2D eigenvalue weighted by Crippen LogP contribution is 2.60. The Labute approximate surface area is 165 Å². The molecule has 27 heavy (non-hydrogen) atoms. The van der Waals surface area contributed by atoms with Crippen molar-refractivity contribution in [3.8, 4) is 0 Å². The van der Waals surface area contributed by atoms with Crippen molar-refractivity contribution in [3.05, 3.63) is 22.4 Å². The van der Waals surface area contributed by atoms with Crippen molar-refractivity contribution in [3.63, 3.8) is 0 Å². The molecular formula is C22H30N2O2S. The fourth-order valence-corrected chi connectivity index (χ4v) is 7.42. The van der Waals surface area contributed by atoms with E-state index in [4.69, 9.17) is 0 Å². The van der Waals surface area contributed by atoms with Crippen LogP contribution in [0.2, 0.25) is 0 Å². The minimum Gasteiger partial charge on any atom is -0.339 e. The molecule has 0 unspecified atom stereocenters. The number of thiophene rings is 1. The van der Waals surface area contributed by atoms with Crippen LogP contribution in [0.4, 0.5) is 0 Å². The molecule has 2 amide bonds. The first-order valence-electron chi connectivity index (χ1n) is 10.7. The van der Waals surface area contributed by atoms with Crippen LogP contribution < -0.4 is 0 Å². The highest BCUT2D eigenvalue weighted by molar-refractivity contribution is 7.09. The number of piperazine rings is 1. The zero-order chi connectivity index (χ0) is 18.4. The van der Waals surface area contributed by atoms with Gasteiger partial charge >= 0.3 is 0 Å². The Morgan fingerprint density at radius 2 is 1.56 bits per heavy atom. The molecule has 0 N–H and O–H groups in total. The molecule has 1 aromatic rings. The van der Waals surface area contributed by atoms with Gasteiger partial charge in [-0.2, -0.15) is 0 Å². The molecule has 4 bridgehead atoms. The number of amides is 2. The topological polar surface area (TPSA) is 40.6 Å². The molecule has 5 fully saturated rings. The van der Waals surface area contributed by atoms with Gasteiger partial charge < -0.3 is 9.80 Å². The zero-order valence-electron chi connectivity index (χ0n) is 16.1. The number of nitrogens with zero attached hydrogens (tertiary/aromatic N) is 2. The van der Waals surface area contributed by atoms with E-state index in [0.717, 1.165) is 56.5 Å². The van der Waals surface area contributed by atoms with Crippen LogP contribution >= 0.6 is 11.3 Å². The summed E-state index contributed by atoms with van der Waals surface area (Å²) in [5.41, 5.74) is -0.0416. The van der Waals surface area contributed by atoms with Gasteiger partial charge in [-0.3, -0.25) is 9.59 Å². The van der Waals surface area contributed by atoms with Crippen LogP contribution in [0.3, 0.4) is 0 Å². The lowest BCUT2D eigenvalue weighted by molar-refractivity contribution is -0.160. The van der Waals surface area contributed by atoms with E-state index in [1.807, 2.05) is 11.0 Å². The minimum absolute atomic E-state index is 0.0416. The molecular weight excluding hydrogens is 356 g/mol. The highest BCUT2D eigenvalue weighted by Gasteiger charge is 2.55. The van der Waals surface area contributed by atoms with Crippen molar-refractivity contribution < 1.29 is 9.59 Å². The first kappa shape index (κ1) is 17.7. The van der Waals surface area contributed by atoms with Crippen LogP contribution in [0.1, 0.15) is 49.8 Å². The van der Waals surface area contributed by atoms with E-state index in [0.29, 0.717) is 25.4 Å². The summed E-state index contributed by atoms with van der Waals surface area (Å²) in [6, 6.07) is 4.14. The van der Waals surface area contributed by atoms with E-state index in [1.54, 1.807) is 11.3 Å². The summed E-state index contributed by atoms with van der Waals surface area (Å²) in [5.74, 6) is 3.08. The smallest absolute Gasteiger partial charge is 0.228 e. The first-order valence-corrected chi connectivity index (χ1v) is 11.6. The average Bonchev–Trinajstić information content (AvgIpc) is 3.18. The third-order valence-electron chi connectivity index (χ3n) is 7.58. The molecule has 4 saturated carbocycles. The standard InChI is InChI=1S/C22H30N2O2S/c25-20(4-3-19-2-1-9-27-19)23-5-7-24(8-6-23)21(26)22-13-16-10-17(14-22)12-18(11-16)15-22/h1-2,9,16-18H,3-8,10-15H2. The second-order valence-corrected chi connectivity index (χ2v) is 10.5. The number of hydrogen-bond donors (Lipinski definition) is 0. The summed E-state index contributed by atoms with van der Waals surface area (Å²) in [6.07, 6.45) is 8.96. The Morgan fingerprint density at radius 3 is 2.11 bits per heavy atom. The van der Waals surface area contributed by atoms with E-state index >= 15 is 0 Å². The molecule has 0 aromatic carbocycles. The zero-order valence-corrected chi connectivity index (χ0v) is 16.9. The predicted octanol–water partition coefficient (Wildman–Crippen LogP) is 3.57. The summed E-state index contributed by atoms with van der Waals surface area (Å²) in [7, 11) is 0. The molecule has 4 aliphatic carbocycles. The summed E-state index contributed by atoms with van der Waals surface area (Å²) in [4.78, 5) is 31.3. The largest absolute Gasteiger partial charge is 0.339 e. The summed E-state index contributed by atoms with van der Waals surface area (Å²) < 4.78 is 0. The molecule has 2 heterocycles. The van der Waals surface area contributed by atoms with E-state index in [2.05, 4.69) is 16.3 Å². The van der Waals surface area contributed by atoms with Crippen molar-refractivity contribution in [2.24, 2.45) is 23.2 Å². The van der Waals surface area contributed by atoms with E-state index in [9.17, 15) is 9.59 Å². The van der Waals surface area contributed by atoms with Gasteiger partial charge in [-0.05, 0) is 74.1 Å². The second-order valence-electron chi connectivity index (χ2n) is 9.45. The molecule has 5 heteroatoms. The molecule has 4 nitrogen and oxygen atoms in total. The van der Waals surface area contributed by atoms with Gasteiger partial charge in [0.25, 0.3) is 0 Å². The second kappa shape index (κ2) is 6.91. The van der Waals surface area contributed by atoms with Gasteiger partial charge in [0.2, 0.25) is 11.8 Å². The number of rotatable bonds is 4. The van der Waals surface area contributed by atoms with Crippen LogP contribution in [0, 0.1) is 23.2 Å². The molecule has 1 aliphatic heterocycles. The van der Waals surface area contributed by atoms with Gasteiger partial charge in [-0.25, -0.2) is 0 Å². The van der Waals surface area contributed by atoms with Gasteiger partial charge in [-0.15, -0.1) is 11.3 Å². The lowest BCUT2D eigenvalue weighted by atomic mass is 9.49. The Morgan fingerprint density at radius 1 is 0.963 bits per heavy atom. The molecule has 6 rings (SSSR count). The lowest BCUT2D eigenvalue weighted by Crippen LogP contribution is -2.58. The normalized spacial score (nSPS) is 34.9. The van der Waals surface area contributed by atoms with Gasteiger partial charge in [0.05, 0.1) is 5.41 Å². The van der Waals surface area contributed by atoms with Crippen molar-refractivity contribution in [1.82, 2.24) is 9.80 Å². The Hall–Kier alpha value is -1.36. The summed E-state index contributed by atoms with van der Waals surface area (Å²) >= 11 is 1.72. The SMILES string of the molecule is O=C(CCc1cccs1)N1CCN(C(=O)C23CC4CC(CC(C4)C2)C3)CC1. The number of hydrogen-bond acceptors (Lipinski definition) is 3. The van der Waals surface area contributed by atoms with Gasteiger partial charge in [-0.1, -0.05) is 6.07 Å². The van der Waals surface area contributed by atoms with Crippen LogP contribution in [0.25, 0.3) is 0 Å². The van der Waals surface area contributed by atoms with Crippen LogP contribution in [-0.2, 0) is 16.0 Å². The minimum atomic E-state index is -0.0416. The Bertz CT molecular complexity index is 671. The molecule has 5 aliphatic rings. The van der Waals surface area contributed by atoms with Crippen molar-refractivity contribution in [2.75, 3.05) is 26.2 Å². The summed E-state index contributed by atoms with van der Waals surface area (Å²) in [6.45, 7) is 2.87. The maximum atomic E-state index is 13.4. The predicted molar refractivity (Wildman–Crippen MR) is 106 cm³/mol. The monoisotopic (exact) mass is 386 g/mol. The van der Waals surface area contributed by atoms with Crippen LogP contribution in [0.5, 0.6) is 0 Å². The fourth-order valence-electron chi connectivity index (χ4n) is 6.71. The highest BCUT2D eigenvalue weighted by atomic mass is 32.1. The number of carbonyl (C=O) groups excluding carboxylic acids is 2. The van der Waals surface area contributed by atoms with E-state index in [-0.39, 0.29) is 11.3 Å². The first-order chi connectivity index (χ1) is 13.1. The third-order valence-corrected chi connectivity index (χ3v) is 8.51. The maximum Gasteiger partial charge on any atom is 0.228 e. The number of carbonyl (C=O) groups is 2. The molecule has 1 saturated heterocycles. The van der Waals surface area contributed by atoms with Crippen LogP contribution in [0.15, 0.2) is 17.5 Å².